The van der Waals surface area contributed by atoms with Gasteiger partial charge in [0.25, 0.3) is 0 Å². The highest BCUT2D eigenvalue weighted by Crippen LogP contribution is 2.36. The van der Waals surface area contributed by atoms with E-state index in [0.29, 0.717) is 36.5 Å². The Balaban J connectivity index is 1.96. The summed E-state index contributed by atoms with van der Waals surface area (Å²) < 4.78 is 4.80. The molecule has 4 N–H and O–H groups in total. The van der Waals surface area contributed by atoms with Gasteiger partial charge in [-0.25, -0.2) is 4.79 Å². The predicted molar refractivity (Wildman–Crippen MR) is 100 cm³/mol. The number of carbonyl (C=O) groups is 2. The molecule has 0 saturated carbocycles. The fourth-order valence-corrected chi connectivity index (χ4v) is 3.24. The molecule has 0 aliphatic carbocycles. The highest BCUT2D eigenvalue weighted by Gasteiger charge is 2.25. The first-order chi connectivity index (χ1) is 12.4. The topological polar surface area (TPSA) is 98.7 Å². The van der Waals surface area contributed by atoms with Gasteiger partial charge in [-0.15, -0.1) is 0 Å². The number of benzene rings is 2. The molecular formula is C20H21N3O3. The fourth-order valence-electron chi connectivity index (χ4n) is 3.24. The lowest BCUT2D eigenvalue weighted by atomic mass is 9.95. The minimum absolute atomic E-state index is 0.366. The second-order valence-electron chi connectivity index (χ2n) is 6.34. The standard InChI is InChI=1S/C20H21N3O3/c1-12(19(22)24)9-23-10-16-15(6-7-18(21)17(16)11-23)13-4-3-5-14(8-13)20(25)26-2/h3-8H,1,9-11,21H2,2H3,(H2,22,24). The number of fused-ring (bicyclic) bond motifs is 1. The van der Waals surface area contributed by atoms with E-state index in [1.165, 1.54) is 7.11 Å². The molecular weight excluding hydrogens is 330 g/mol. The van der Waals surface area contributed by atoms with E-state index in [0.717, 1.165) is 22.3 Å². The van der Waals surface area contributed by atoms with E-state index in [9.17, 15) is 9.59 Å². The molecule has 1 aliphatic heterocycles. The summed E-state index contributed by atoms with van der Waals surface area (Å²) in [4.78, 5) is 25.2. The number of ether oxygens (including phenoxy) is 1. The zero-order valence-corrected chi connectivity index (χ0v) is 14.6. The van der Waals surface area contributed by atoms with Gasteiger partial charge in [0.05, 0.1) is 12.7 Å². The minimum Gasteiger partial charge on any atom is -0.465 e. The van der Waals surface area contributed by atoms with E-state index in [-0.39, 0.29) is 5.97 Å². The second kappa shape index (κ2) is 7.01. The molecule has 0 spiro atoms. The first-order valence-corrected chi connectivity index (χ1v) is 8.19. The van der Waals surface area contributed by atoms with Crippen LogP contribution in [0, 0.1) is 0 Å². The molecule has 2 aromatic carbocycles. The summed E-state index contributed by atoms with van der Waals surface area (Å²) in [6.07, 6.45) is 0. The molecule has 0 unspecified atom stereocenters. The minimum atomic E-state index is -0.500. The third kappa shape index (κ3) is 3.32. The van der Waals surface area contributed by atoms with Crippen molar-refractivity contribution in [3.63, 3.8) is 0 Å². The Labute approximate surface area is 152 Å². The maximum absolute atomic E-state index is 11.8. The van der Waals surface area contributed by atoms with Gasteiger partial charge in [0, 0.05) is 30.9 Å². The molecule has 6 nitrogen and oxygen atoms in total. The number of hydrogen-bond donors (Lipinski definition) is 2. The lowest BCUT2D eigenvalue weighted by Gasteiger charge is -2.15. The fraction of sp³-hybridized carbons (Fsp3) is 0.200. The monoisotopic (exact) mass is 351 g/mol. The van der Waals surface area contributed by atoms with Crippen molar-refractivity contribution in [3.05, 3.63) is 65.2 Å². The molecule has 1 heterocycles. The van der Waals surface area contributed by atoms with Gasteiger partial charge in [0.1, 0.15) is 0 Å². The number of esters is 1. The Morgan fingerprint density at radius 1 is 1.19 bits per heavy atom. The summed E-state index contributed by atoms with van der Waals surface area (Å²) >= 11 is 0. The first kappa shape index (κ1) is 17.7. The summed E-state index contributed by atoms with van der Waals surface area (Å²) in [5.74, 6) is -0.877. The van der Waals surface area contributed by atoms with Gasteiger partial charge < -0.3 is 16.2 Å². The zero-order chi connectivity index (χ0) is 18.8. The Kier molecular flexibility index (Phi) is 4.77. The summed E-state index contributed by atoms with van der Waals surface area (Å²) in [6.45, 7) is 5.37. The molecule has 2 aromatic rings. The van der Waals surface area contributed by atoms with Crippen LogP contribution in [0.2, 0.25) is 0 Å². The molecule has 0 fully saturated rings. The van der Waals surface area contributed by atoms with Gasteiger partial charge in [-0.1, -0.05) is 24.8 Å². The van der Waals surface area contributed by atoms with E-state index in [1.54, 1.807) is 6.07 Å². The number of amides is 1. The van der Waals surface area contributed by atoms with Crippen molar-refractivity contribution in [1.29, 1.82) is 0 Å². The second-order valence-corrected chi connectivity index (χ2v) is 6.34. The number of nitrogens with two attached hydrogens (primary N) is 2. The number of carbonyl (C=O) groups excluding carboxylic acids is 2. The van der Waals surface area contributed by atoms with E-state index in [1.807, 2.05) is 30.3 Å². The van der Waals surface area contributed by atoms with Crippen LogP contribution in [0.1, 0.15) is 21.5 Å². The van der Waals surface area contributed by atoms with Crippen molar-refractivity contribution in [3.8, 4) is 11.1 Å². The molecule has 26 heavy (non-hydrogen) atoms. The van der Waals surface area contributed by atoms with E-state index in [2.05, 4.69) is 11.5 Å². The van der Waals surface area contributed by atoms with Crippen LogP contribution >= 0.6 is 0 Å². The molecule has 134 valence electrons. The van der Waals surface area contributed by atoms with Crippen molar-refractivity contribution < 1.29 is 14.3 Å². The Morgan fingerprint density at radius 3 is 2.62 bits per heavy atom. The zero-order valence-electron chi connectivity index (χ0n) is 14.6. The number of rotatable bonds is 5. The number of hydrogen-bond acceptors (Lipinski definition) is 5. The molecule has 0 bridgehead atoms. The van der Waals surface area contributed by atoms with E-state index < -0.39 is 5.91 Å². The van der Waals surface area contributed by atoms with Gasteiger partial charge in [-0.3, -0.25) is 9.69 Å². The normalized spacial score (nSPS) is 13.3. The Hall–Kier alpha value is -3.12. The molecule has 0 saturated heterocycles. The van der Waals surface area contributed by atoms with Crippen molar-refractivity contribution in [2.45, 2.75) is 13.1 Å². The molecule has 0 atom stereocenters. The highest BCUT2D eigenvalue weighted by molar-refractivity contribution is 5.92. The Bertz CT molecular complexity index is 905. The molecule has 1 aliphatic rings. The van der Waals surface area contributed by atoms with Crippen LogP contribution in [0.15, 0.2) is 48.6 Å². The quantitative estimate of drug-likeness (QED) is 0.488. The lowest BCUT2D eigenvalue weighted by molar-refractivity contribution is -0.114. The predicted octanol–water partition coefficient (Wildman–Crippen LogP) is 2.08. The van der Waals surface area contributed by atoms with Crippen LogP contribution in [0.5, 0.6) is 0 Å². The van der Waals surface area contributed by atoms with Gasteiger partial charge in [0.2, 0.25) is 5.91 Å². The molecule has 0 radical (unpaired) electrons. The van der Waals surface area contributed by atoms with Crippen LogP contribution in [0.3, 0.4) is 0 Å². The van der Waals surface area contributed by atoms with Gasteiger partial charge in [0.15, 0.2) is 0 Å². The number of anilines is 1. The number of methoxy groups -OCH3 is 1. The summed E-state index contributed by atoms with van der Waals surface area (Å²) in [7, 11) is 1.36. The SMILES string of the molecule is C=C(CN1Cc2c(N)ccc(-c3cccc(C(=O)OC)c3)c2C1)C(N)=O. The number of nitrogens with zero attached hydrogens (tertiary/aromatic N) is 1. The van der Waals surface area contributed by atoms with Crippen LogP contribution < -0.4 is 11.5 Å². The largest absolute Gasteiger partial charge is 0.465 e. The lowest BCUT2D eigenvalue weighted by Crippen LogP contribution is -2.25. The third-order valence-electron chi connectivity index (χ3n) is 4.59. The molecule has 3 rings (SSSR count). The van der Waals surface area contributed by atoms with E-state index in [4.69, 9.17) is 16.2 Å². The van der Waals surface area contributed by atoms with Gasteiger partial charge >= 0.3 is 5.97 Å². The highest BCUT2D eigenvalue weighted by atomic mass is 16.5. The number of nitrogen functional groups attached to an aromatic ring is 1. The average molecular weight is 351 g/mol. The van der Waals surface area contributed by atoms with Crippen molar-refractivity contribution in [2.24, 2.45) is 5.73 Å². The molecule has 0 aromatic heterocycles. The van der Waals surface area contributed by atoms with Crippen molar-refractivity contribution in [2.75, 3.05) is 19.4 Å². The average Bonchev–Trinajstić information content (AvgIpc) is 3.05. The van der Waals surface area contributed by atoms with E-state index >= 15 is 0 Å². The summed E-state index contributed by atoms with van der Waals surface area (Å²) in [5, 5.41) is 0. The van der Waals surface area contributed by atoms with Crippen LogP contribution in [0.4, 0.5) is 5.69 Å². The molecule has 6 heteroatoms. The first-order valence-electron chi connectivity index (χ1n) is 8.19. The van der Waals surface area contributed by atoms with Crippen molar-refractivity contribution >= 4 is 17.6 Å². The summed E-state index contributed by atoms with van der Waals surface area (Å²) in [6, 6.07) is 11.1. The van der Waals surface area contributed by atoms with Crippen molar-refractivity contribution in [1.82, 2.24) is 4.90 Å². The third-order valence-corrected chi connectivity index (χ3v) is 4.59. The summed E-state index contributed by atoms with van der Waals surface area (Å²) in [5.41, 5.74) is 17.1. The maximum Gasteiger partial charge on any atom is 0.337 e. The number of primary amides is 1. The maximum atomic E-state index is 11.8. The smallest absolute Gasteiger partial charge is 0.337 e. The van der Waals surface area contributed by atoms with Crippen LogP contribution in [-0.2, 0) is 22.6 Å². The van der Waals surface area contributed by atoms with Gasteiger partial charge in [-0.05, 0) is 40.5 Å². The van der Waals surface area contributed by atoms with Gasteiger partial charge in [-0.2, -0.15) is 0 Å². The van der Waals surface area contributed by atoms with Crippen LogP contribution in [0.25, 0.3) is 11.1 Å². The molecule has 1 amide bonds. The van der Waals surface area contributed by atoms with Crippen LogP contribution in [-0.4, -0.2) is 30.4 Å². The Morgan fingerprint density at radius 2 is 1.92 bits per heavy atom.